The molecule has 1 unspecified atom stereocenters. The molecule has 0 spiro atoms. The van der Waals surface area contributed by atoms with Crippen molar-refractivity contribution in [2.24, 2.45) is 0 Å². The summed E-state index contributed by atoms with van der Waals surface area (Å²) >= 11 is 1.40. The van der Waals surface area contributed by atoms with Crippen molar-refractivity contribution in [2.45, 2.75) is 32.7 Å². The molecule has 0 saturated carbocycles. The molecule has 1 atom stereocenters. The highest BCUT2D eigenvalue weighted by Crippen LogP contribution is 2.14. The van der Waals surface area contributed by atoms with Crippen molar-refractivity contribution in [3.63, 3.8) is 0 Å². The van der Waals surface area contributed by atoms with Crippen molar-refractivity contribution in [3.05, 3.63) is 21.9 Å². The van der Waals surface area contributed by atoms with Gasteiger partial charge in [-0.15, -0.1) is 11.3 Å². The van der Waals surface area contributed by atoms with E-state index < -0.39 is 0 Å². The van der Waals surface area contributed by atoms with Crippen molar-refractivity contribution < 1.29 is 14.7 Å². The van der Waals surface area contributed by atoms with E-state index in [4.69, 9.17) is 5.11 Å². The van der Waals surface area contributed by atoms with Gasteiger partial charge in [0.1, 0.15) is 0 Å². The normalized spacial score (nSPS) is 11.9. The fourth-order valence-electron chi connectivity index (χ4n) is 1.60. The molecule has 1 heterocycles. The molecular weight excluding hydrogens is 264 g/mol. The molecule has 0 aliphatic heterocycles. The van der Waals surface area contributed by atoms with E-state index in [1.54, 1.807) is 6.07 Å². The number of hydrogen-bond acceptors (Lipinski definition) is 4. The monoisotopic (exact) mass is 284 g/mol. The van der Waals surface area contributed by atoms with Gasteiger partial charge in [0.2, 0.25) is 5.91 Å². The quantitative estimate of drug-likeness (QED) is 0.700. The number of aliphatic hydroxyl groups is 1. The third-order valence-corrected chi connectivity index (χ3v) is 3.58. The summed E-state index contributed by atoms with van der Waals surface area (Å²) in [5.41, 5.74) is 0. The fourth-order valence-corrected chi connectivity index (χ4v) is 2.38. The molecule has 0 aliphatic rings. The zero-order valence-electron chi connectivity index (χ0n) is 11.2. The largest absolute Gasteiger partial charge is 0.396 e. The number of rotatable bonds is 7. The predicted molar refractivity (Wildman–Crippen MR) is 75.3 cm³/mol. The molecule has 5 nitrogen and oxygen atoms in total. The summed E-state index contributed by atoms with van der Waals surface area (Å²) in [6.07, 6.45) is 1.38. The molecule has 6 heteroatoms. The SMILES string of the molecule is Cc1ccc(C(=O)NCC(=O)NC(C)CCCO)s1. The maximum atomic E-state index is 11.7. The van der Waals surface area contributed by atoms with Gasteiger partial charge in [-0.3, -0.25) is 9.59 Å². The Kier molecular flexibility index (Phi) is 6.52. The molecule has 0 saturated heterocycles. The number of carbonyl (C=O) groups excluding carboxylic acids is 2. The minimum atomic E-state index is -0.226. The van der Waals surface area contributed by atoms with E-state index >= 15 is 0 Å². The Morgan fingerprint density at radius 2 is 2.16 bits per heavy atom. The molecule has 3 N–H and O–H groups in total. The van der Waals surface area contributed by atoms with Gasteiger partial charge in [0.05, 0.1) is 11.4 Å². The summed E-state index contributed by atoms with van der Waals surface area (Å²) in [4.78, 5) is 25.0. The summed E-state index contributed by atoms with van der Waals surface area (Å²) < 4.78 is 0. The second-order valence-electron chi connectivity index (χ2n) is 4.43. The van der Waals surface area contributed by atoms with E-state index in [0.717, 1.165) is 11.3 Å². The zero-order chi connectivity index (χ0) is 14.3. The molecular formula is C13H20N2O3S. The summed E-state index contributed by atoms with van der Waals surface area (Å²) in [5.74, 6) is -0.441. The average molecular weight is 284 g/mol. The van der Waals surface area contributed by atoms with E-state index in [1.165, 1.54) is 11.3 Å². The van der Waals surface area contributed by atoms with E-state index in [-0.39, 0.29) is 31.0 Å². The first-order valence-corrected chi connectivity index (χ1v) is 7.09. The topological polar surface area (TPSA) is 78.4 Å². The van der Waals surface area contributed by atoms with Crippen LogP contribution in [0.25, 0.3) is 0 Å². The minimum Gasteiger partial charge on any atom is -0.396 e. The summed E-state index contributed by atoms with van der Waals surface area (Å²) in [5, 5.41) is 14.0. The van der Waals surface area contributed by atoms with Crippen LogP contribution in [0, 0.1) is 6.92 Å². The summed E-state index contributed by atoms with van der Waals surface area (Å²) in [6, 6.07) is 3.62. The minimum absolute atomic E-state index is 0.000495. The van der Waals surface area contributed by atoms with Crippen LogP contribution >= 0.6 is 11.3 Å². The molecule has 0 radical (unpaired) electrons. The summed E-state index contributed by atoms with van der Waals surface area (Å²) in [6.45, 7) is 3.89. The lowest BCUT2D eigenvalue weighted by molar-refractivity contribution is -0.120. The van der Waals surface area contributed by atoms with E-state index in [9.17, 15) is 9.59 Å². The van der Waals surface area contributed by atoms with E-state index in [2.05, 4.69) is 10.6 Å². The van der Waals surface area contributed by atoms with Crippen molar-refractivity contribution in [1.82, 2.24) is 10.6 Å². The highest BCUT2D eigenvalue weighted by atomic mass is 32.1. The van der Waals surface area contributed by atoms with Crippen LogP contribution in [0.1, 0.15) is 34.3 Å². The third-order valence-electron chi connectivity index (χ3n) is 2.58. The average Bonchev–Trinajstić information content (AvgIpc) is 2.80. The van der Waals surface area contributed by atoms with Crippen molar-refractivity contribution in [1.29, 1.82) is 0 Å². The van der Waals surface area contributed by atoms with Gasteiger partial charge in [-0.05, 0) is 38.8 Å². The van der Waals surface area contributed by atoms with Crippen LogP contribution in [0.3, 0.4) is 0 Å². The lowest BCUT2D eigenvalue weighted by Crippen LogP contribution is -2.40. The molecule has 0 aromatic carbocycles. The number of hydrogen-bond donors (Lipinski definition) is 3. The Labute approximate surface area is 117 Å². The van der Waals surface area contributed by atoms with E-state index in [1.807, 2.05) is 19.9 Å². The number of carbonyl (C=O) groups is 2. The smallest absolute Gasteiger partial charge is 0.261 e. The molecule has 1 rings (SSSR count). The lowest BCUT2D eigenvalue weighted by atomic mass is 10.2. The van der Waals surface area contributed by atoms with Crippen LogP contribution in [0.5, 0.6) is 0 Å². The van der Waals surface area contributed by atoms with Gasteiger partial charge < -0.3 is 15.7 Å². The number of thiophene rings is 1. The Bertz CT molecular complexity index is 431. The highest BCUT2D eigenvalue weighted by molar-refractivity contribution is 7.13. The molecule has 19 heavy (non-hydrogen) atoms. The van der Waals surface area contributed by atoms with Gasteiger partial charge in [-0.1, -0.05) is 0 Å². The zero-order valence-corrected chi connectivity index (χ0v) is 12.0. The maximum absolute atomic E-state index is 11.7. The van der Waals surface area contributed by atoms with Gasteiger partial charge in [-0.2, -0.15) is 0 Å². The van der Waals surface area contributed by atoms with E-state index in [0.29, 0.717) is 11.3 Å². The first-order valence-electron chi connectivity index (χ1n) is 6.27. The molecule has 0 fully saturated rings. The molecule has 1 aromatic heterocycles. The Morgan fingerprint density at radius 3 is 2.74 bits per heavy atom. The van der Waals surface area contributed by atoms with Gasteiger partial charge >= 0.3 is 0 Å². The highest BCUT2D eigenvalue weighted by Gasteiger charge is 2.11. The fraction of sp³-hybridized carbons (Fsp3) is 0.538. The number of amides is 2. The van der Waals surface area contributed by atoms with Gasteiger partial charge in [-0.25, -0.2) is 0 Å². The summed E-state index contributed by atoms with van der Waals surface area (Å²) in [7, 11) is 0. The predicted octanol–water partition coefficient (Wildman–Crippen LogP) is 1.06. The van der Waals surface area contributed by atoms with Crippen LogP contribution in [0.15, 0.2) is 12.1 Å². The Hall–Kier alpha value is -1.40. The van der Waals surface area contributed by atoms with Crippen molar-refractivity contribution in [2.75, 3.05) is 13.2 Å². The lowest BCUT2D eigenvalue weighted by Gasteiger charge is -2.13. The Morgan fingerprint density at radius 1 is 1.42 bits per heavy atom. The molecule has 1 aromatic rings. The second-order valence-corrected chi connectivity index (χ2v) is 5.72. The molecule has 0 bridgehead atoms. The van der Waals surface area contributed by atoms with Crippen molar-refractivity contribution in [3.8, 4) is 0 Å². The maximum Gasteiger partial charge on any atom is 0.261 e. The van der Waals surface area contributed by atoms with Gasteiger partial charge in [0, 0.05) is 17.5 Å². The van der Waals surface area contributed by atoms with Crippen LogP contribution in [-0.2, 0) is 4.79 Å². The van der Waals surface area contributed by atoms with Crippen LogP contribution in [0.4, 0.5) is 0 Å². The number of aliphatic hydroxyl groups excluding tert-OH is 1. The standard InChI is InChI=1S/C13H20N2O3S/c1-9(4-3-7-16)15-12(17)8-14-13(18)11-6-5-10(2)19-11/h5-6,9,16H,3-4,7-8H2,1-2H3,(H,14,18)(H,15,17). The number of nitrogens with one attached hydrogen (secondary N) is 2. The number of aryl methyl sites for hydroxylation is 1. The first-order chi connectivity index (χ1) is 9.02. The van der Waals surface area contributed by atoms with Crippen LogP contribution in [-0.4, -0.2) is 36.1 Å². The Balaban J connectivity index is 2.28. The first kappa shape index (κ1) is 15.7. The van der Waals surface area contributed by atoms with Gasteiger partial charge in [0.15, 0.2) is 0 Å². The third kappa shape index (κ3) is 5.85. The molecule has 0 aliphatic carbocycles. The van der Waals surface area contributed by atoms with Crippen molar-refractivity contribution >= 4 is 23.2 Å². The molecule has 2 amide bonds. The van der Waals surface area contributed by atoms with Crippen LogP contribution < -0.4 is 10.6 Å². The molecule has 106 valence electrons. The second kappa shape index (κ2) is 7.91. The van der Waals surface area contributed by atoms with Gasteiger partial charge in [0.25, 0.3) is 5.91 Å². The van der Waals surface area contributed by atoms with Crippen LogP contribution in [0.2, 0.25) is 0 Å².